The highest BCUT2D eigenvalue weighted by molar-refractivity contribution is 7.80. The minimum atomic E-state index is -4.34. The fourth-order valence-electron chi connectivity index (χ4n) is 2.49. The lowest BCUT2D eigenvalue weighted by Crippen LogP contribution is -2.37. The molecule has 0 fully saturated rings. The van der Waals surface area contributed by atoms with Gasteiger partial charge < -0.3 is 18.9 Å². The molecule has 8 nitrogen and oxygen atoms in total. The van der Waals surface area contributed by atoms with Gasteiger partial charge >= 0.3 is 13.8 Å². The van der Waals surface area contributed by atoms with E-state index in [2.05, 4.69) is 13.8 Å². The Morgan fingerprint density at radius 3 is 2.16 bits per heavy atom. The number of phosphoric ester groups is 1. The van der Waals surface area contributed by atoms with Crippen LogP contribution < -0.4 is 0 Å². The number of likely N-dealkylation sites (N-methyl/N-ethyl adjacent to an activating group) is 1. The van der Waals surface area contributed by atoms with Gasteiger partial charge in [0.1, 0.15) is 32.5 Å². The first-order chi connectivity index (χ1) is 14.5. The van der Waals surface area contributed by atoms with Gasteiger partial charge in [-0.1, -0.05) is 46.0 Å². The molecule has 2 atom stereocenters. The van der Waals surface area contributed by atoms with E-state index in [4.69, 9.17) is 30.7 Å². The van der Waals surface area contributed by atoms with Crippen LogP contribution in [0.25, 0.3) is 0 Å². The minimum Gasteiger partial charge on any atom is -0.484 e. The number of nitrogens with zero attached hydrogens (tertiary/aromatic N) is 1. The summed E-state index contributed by atoms with van der Waals surface area (Å²) in [7, 11) is 1.51. The molecule has 0 bridgehead atoms. The van der Waals surface area contributed by atoms with Crippen molar-refractivity contribution in [3.05, 3.63) is 0 Å². The Morgan fingerprint density at radius 2 is 1.55 bits per heavy atom. The predicted molar refractivity (Wildman–Crippen MR) is 126 cm³/mol. The maximum Gasteiger partial charge on any atom is 0.472 e. The third-order valence-electron chi connectivity index (χ3n) is 4.38. The van der Waals surface area contributed by atoms with Crippen LogP contribution in [-0.2, 0) is 27.9 Å². The average Bonchev–Trinajstić information content (AvgIpc) is 2.66. The topological polar surface area (TPSA) is 91.3 Å². The Balaban J connectivity index is 4.67. The number of hydrogen-bond acceptors (Lipinski definition) is 7. The second kappa shape index (κ2) is 17.0. The van der Waals surface area contributed by atoms with Crippen molar-refractivity contribution in [2.24, 2.45) is 0 Å². The molecule has 1 unspecified atom stereocenters. The number of rotatable bonds is 19. The Bertz CT molecular complexity index is 554. The van der Waals surface area contributed by atoms with Gasteiger partial charge in [-0.05, 0) is 25.1 Å². The second-order valence-corrected chi connectivity index (χ2v) is 10.5. The van der Waals surface area contributed by atoms with Crippen molar-refractivity contribution < 1.29 is 37.3 Å². The number of quaternary nitrogens is 1. The molecular weight excluding hydrogens is 441 g/mol. The molecule has 0 aliphatic rings. The van der Waals surface area contributed by atoms with E-state index in [1.807, 2.05) is 21.1 Å². The van der Waals surface area contributed by atoms with Crippen LogP contribution in [0.1, 0.15) is 71.6 Å². The quantitative estimate of drug-likeness (QED) is 0.0933. The van der Waals surface area contributed by atoms with Gasteiger partial charge in [-0.3, -0.25) is 13.8 Å². The van der Waals surface area contributed by atoms with Gasteiger partial charge in [-0.15, -0.1) is 0 Å². The van der Waals surface area contributed by atoms with Crippen molar-refractivity contribution >= 4 is 31.1 Å². The van der Waals surface area contributed by atoms with E-state index in [1.165, 1.54) is 0 Å². The molecule has 0 amide bonds. The average molecular weight is 485 g/mol. The van der Waals surface area contributed by atoms with Crippen LogP contribution in [0.3, 0.4) is 0 Å². The molecule has 0 aromatic carbocycles. The van der Waals surface area contributed by atoms with Gasteiger partial charge in [0, 0.05) is 12.8 Å². The van der Waals surface area contributed by atoms with E-state index in [0.29, 0.717) is 28.9 Å². The molecule has 0 aliphatic carbocycles. The van der Waals surface area contributed by atoms with E-state index in [0.717, 1.165) is 44.9 Å². The minimum absolute atomic E-state index is 0.0531. The monoisotopic (exact) mass is 484 g/mol. The number of carbonyl (C=O) groups is 1. The molecule has 0 aromatic rings. The fraction of sp³-hybridized carbons (Fsp3) is 0.905. The van der Waals surface area contributed by atoms with Crippen molar-refractivity contribution in [2.45, 2.75) is 77.7 Å². The van der Waals surface area contributed by atoms with Gasteiger partial charge in [-0.2, -0.15) is 0 Å². The fourth-order valence-corrected chi connectivity index (χ4v) is 3.57. The lowest BCUT2D eigenvalue weighted by Gasteiger charge is -2.25. The molecule has 184 valence electrons. The van der Waals surface area contributed by atoms with Crippen LogP contribution in [0, 0.1) is 0 Å². The van der Waals surface area contributed by atoms with Crippen LogP contribution in [-0.4, -0.2) is 74.0 Å². The molecule has 0 radical (unpaired) electrons. The summed E-state index contributed by atoms with van der Waals surface area (Å²) in [6, 6.07) is 0. The summed E-state index contributed by atoms with van der Waals surface area (Å²) >= 11 is 5.21. The maximum atomic E-state index is 12.3. The highest BCUT2D eigenvalue weighted by Crippen LogP contribution is 2.44. The number of hydrogen-bond donors (Lipinski definition) is 1. The summed E-state index contributed by atoms with van der Waals surface area (Å²) in [5, 5.41) is 0.409. The Labute approximate surface area is 193 Å². The Hall–Kier alpha value is -0.570. The smallest absolute Gasteiger partial charge is 0.472 e. The molecule has 0 aromatic heterocycles. The van der Waals surface area contributed by atoms with Crippen LogP contribution in [0.4, 0.5) is 0 Å². The van der Waals surface area contributed by atoms with Crippen LogP contribution in [0.5, 0.6) is 0 Å². The van der Waals surface area contributed by atoms with Gasteiger partial charge in [-0.25, -0.2) is 4.57 Å². The standard InChI is InChI=1S/C21H42NO7PS/c1-6-8-10-12-13-20(23)26-17-19(18-27-21(31)14-11-9-7-2)29-30(24,25)28-16-15-22(3,4)5/h19H,6-18H2,1-5H3/p+1/t19-/m1/s1. The third-order valence-corrected chi connectivity index (χ3v) is 5.77. The number of unbranched alkanes of at least 4 members (excludes halogenated alkanes) is 5. The first kappa shape index (κ1) is 30.4. The van der Waals surface area contributed by atoms with E-state index < -0.39 is 13.9 Å². The van der Waals surface area contributed by atoms with Crippen molar-refractivity contribution in [1.82, 2.24) is 0 Å². The van der Waals surface area contributed by atoms with Crippen molar-refractivity contribution in [1.29, 1.82) is 0 Å². The van der Waals surface area contributed by atoms with E-state index in [1.54, 1.807) is 0 Å². The van der Waals surface area contributed by atoms with Gasteiger partial charge in [0.15, 0.2) is 5.05 Å². The number of phosphoric acid groups is 1. The van der Waals surface area contributed by atoms with Gasteiger partial charge in [0.2, 0.25) is 0 Å². The first-order valence-electron chi connectivity index (χ1n) is 11.3. The SMILES string of the molecule is CCCCCCC(=O)OC[C@H](COC(=S)CCCCC)OP(=O)(O)OCC[N+](C)(C)C. The van der Waals surface area contributed by atoms with Crippen LogP contribution >= 0.6 is 20.0 Å². The van der Waals surface area contributed by atoms with Crippen molar-refractivity contribution in [3.63, 3.8) is 0 Å². The summed E-state index contributed by atoms with van der Waals surface area (Å²) in [5.41, 5.74) is 0. The summed E-state index contributed by atoms with van der Waals surface area (Å²) < 4.78 is 34.0. The molecule has 0 heterocycles. The zero-order chi connectivity index (χ0) is 23.8. The lowest BCUT2D eigenvalue weighted by molar-refractivity contribution is -0.870. The summed E-state index contributed by atoms with van der Waals surface area (Å²) in [5.74, 6) is -0.367. The largest absolute Gasteiger partial charge is 0.484 e. The van der Waals surface area contributed by atoms with Gasteiger partial charge in [0.05, 0.1) is 21.1 Å². The highest BCUT2D eigenvalue weighted by Gasteiger charge is 2.29. The second-order valence-electron chi connectivity index (χ2n) is 8.68. The third kappa shape index (κ3) is 19.8. The lowest BCUT2D eigenvalue weighted by atomic mass is 10.2. The van der Waals surface area contributed by atoms with Crippen LogP contribution in [0.2, 0.25) is 0 Å². The molecule has 0 saturated heterocycles. The Kier molecular flexibility index (Phi) is 16.7. The van der Waals surface area contributed by atoms with E-state index in [-0.39, 0.29) is 25.8 Å². The predicted octanol–water partition coefficient (Wildman–Crippen LogP) is 4.63. The summed E-state index contributed by atoms with van der Waals surface area (Å²) in [4.78, 5) is 22.0. The molecule has 0 aliphatic heterocycles. The van der Waals surface area contributed by atoms with E-state index >= 15 is 0 Å². The van der Waals surface area contributed by atoms with Crippen LogP contribution in [0.15, 0.2) is 0 Å². The van der Waals surface area contributed by atoms with Gasteiger partial charge in [0.25, 0.3) is 0 Å². The molecule has 0 spiro atoms. The molecule has 0 saturated carbocycles. The molecule has 31 heavy (non-hydrogen) atoms. The normalized spacial score (nSPS) is 14.6. The highest BCUT2D eigenvalue weighted by atomic mass is 32.1. The number of thiocarbonyl (C=S) groups is 1. The molecule has 10 heteroatoms. The maximum absolute atomic E-state index is 12.3. The van der Waals surface area contributed by atoms with E-state index in [9.17, 15) is 14.3 Å². The number of carbonyl (C=O) groups excluding carboxylic acids is 1. The van der Waals surface area contributed by atoms with Crippen molar-refractivity contribution in [3.8, 4) is 0 Å². The van der Waals surface area contributed by atoms with Crippen molar-refractivity contribution in [2.75, 3.05) is 47.5 Å². The zero-order valence-electron chi connectivity index (χ0n) is 20.0. The Morgan fingerprint density at radius 1 is 0.968 bits per heavy atom. The first-order valence-corrected chi connectivity index (χ1v) is 13.2. The number of ether oxygens (including phenoxy) is 2. The molecular formula is C21H43NO7PS+. The summed E-state index contributed by atoms with van der Waals surface area (Å²) in [6.45, 7) is 4.50. The molecule has 1 N–H and O–H groups in total. The number of esters is 1. The molecule has 0 rings (SSSR count). The zero-order valence-corrected chi connectivity index (χ0v) is 21.7. The summed E-state index contributed by atoms with van der Waals surface area (Å²) in [6.07, 6.45) is 6.88.